The Balaban J connectivity index is 1.23. The minimum atomic E-state index is 0.593. The quantitative estimate of drug-likeness (QED) is 0.186. The van der Waals surface area contributed by atoms with Gasteiger partial charge in [0.25, 0.3) is 0 Å². The molecule has 10 aromatic rings. The van der Waals surface area contributed by atoms with Crippen LogP contribution in [0.2, 0.25) is 0 Å². The second-order valence-electron chi connectivity index (χ2n) is 12.8. The van der Waals surface area contributed by atoms with E-state index < -0.39 is 0 Å². The largest absolute Gasteiger partial charge is 0.455 e. The smallest absolute Gasteiger partial charge is 0.164 e. The van der Waals surface area contributed by atoms with Crippen LogP contribution in [0.4, 0.5) is 0 Å². The van der Waals surface area contributed by atoms with Crippen LogP contribution in [-0.4, -0.2) is 15.0 Å². The maximum atomic E-state index is 6.88. The number of aromatic nitrogens is 3. The Morgan fingerprint density at radius 3 is 1.65 bits per heavy atom. The normalized spacial score (nSPS) is 11.5. The highest BCUT2D eigenvalue weighted by Gasteiger charge is 2.22. The fraction of sp³-hybridized carbons (Fsp3) is 0. The summed E-state index contributed by atoms with van der Waals surface area (Å²) in [7, 11) is 0. The summed E-state index contributed by atoms with van der Waals surface area (Å²) in [5.74, 6) is 1.82. The molecule has 0 amide bonds. The molecule has 0 bridgehead atoms. The fourth-order valence-electron chi connectivity index (χ4n) is 7.16. The van der Waals surface area contributed by atoms with E-state index in [-0.39, 0.29) is 0 Å². The third-order valence-electron chi connectivity index (χ3n) is 9.73. The Morgan fingerprint density at radius 1 is 0.314 bits per heavy atom. The minimum absolute atomic E-state index is 0.593. The SMILES string of the molecule is c1ccc(-c2ccc(-c3nc(-c4ccc5ccccc5c4)nc(-c4ccc(-c5ccccc5)c5oc6c7ccccc7ccc6c45)n3)cc2)cc1. The first-order chi connectivity index (χ1) is 25.3. The van der Waals surface area contributed by atoms with E-state index in [4.69, 9.17) is 19.4 Å². The van der Waals surface area contributed by atoms with E-state index in [9.17, 15) is 0 Å². The first-order valence-corrected chi connectivity index (χ1v) is 17.1. The molecule has 0 radical (unpaired) electrons. The summed E-state index contributed by atoms with van der Waals surface area (Å²) in [6.45, 7) is 0. The van der Waals surface area contributed by atoms with Crippen molar-refractivity contribution in [1.82, 2.24) is 15.0 Å². The average molecular weight is 652 g/mol. The lowest BCUT2D eigenvalue weighted by atomic mass is 9.97. The molecule has 4 heteroatoms. The van der Waals surface area contributed by atoms with Gasteiger partial charge in [-0.25, -0.2) is 15.0 Å². The fourth-order valence-corrected chi connectivity index (χ4v) is 7.16. The lowest BCUT2D eigenvalue weighted by Gasteiger charge is -2.11. The molecule has 0 saturated heterocycles. The number of hydrogen-bond donors (Lipinski definition) is 0. The Bertz CT molecular complexity index is 2900. The molecule has 0 aliphatic carbocycles. The van der Waals surface area contributed by atoms with Gasteiger partial charge < -0.3 is 4.42 Å². The number of fused-ring (bicyclic) bond motifs is 6. The Morgan fingerprint density at radius 2 is 0.863 bits per heavy atom. The number of nitrogens with zero attached hydrogens (tertiary/aromatic N) is 3. The van der Waals surface area contributed by atoms with Crippen molar-refractivity contribution in [3.63, 3.8) is 0 Å². The van der Waals surface area contributed by atoms with Crippen molar-refractivity contribution in [3.8, 4) is 56.4 Å². The molecule has 0 aliphatic heterocycles. The molecule has 4 nitrogen and oxygen atoms in total. The standard InChI is InChI=1S/C47H29N3O/c1-3-11-30(12-4-1)32-19-22-35(23-20-32)45-48-46(37-24-21-31-13-7-8-17-36(31)29-37)50-47(49-45)41-28-27-39(33-14-5-2-6-15-33)44-42(41)40-26-25-34-16-9-10-18-38(34)43(40)51-44/h1-29H. The molecule has 0 unspecified atom stereocenters. The number of benzene rings is 8. The molecule has 2 aromatic heterocycles. The van der Waals surface area contributed by atoms with Crippen LogP contribution in [0.3, 0.4) is 0 Å². The van der Waals surface area contributed by atoms with Gasteiger partial charge in [0.15, 0.2) is 17.5 Å². The van der Waals surface area contributed by atoms with Crippen molar-refractivity contribution in [1.29, 1.82) is 0 Å². The lowest BCUT2D eigenvalue weighted by molar-refractivity contribution is 0.674. The minimum Gasteiger partial charge on any atom is -0.455 e. The zero-order valence-electron chi connectivity index (χ0n) is 27.5. The van der Waals surface area contributed by atoms with Crippen molar-refractivity contribution in [3.05, 3.63) is 176 Å². The van der Waals surface area contributed by atoms with Crippen LogP contribution in [-0.2, 0) is 0 Å². The zero-order chi connectivity index (χ0) is 33.7. The maximum Gasteiger partial charge on any atom is 0.164 e. The topological polar surface area (TPSA) is 51.8 Å². The molecule has 0 aliphatic rings. The molecule has 10 rings (SSSR count). The van der Waals surface area contributed by atoms with Crippen LogP contribution < -0.4 is 0 Å². The van der Waals surface area contributed by atoms with Gasteiger partial charge in [-0.1, -0.05) is 152 Å². The van der Waals surface area contributed by atoms with Gasteiger partial charge in [0.05, 0.1) is 0 Å². The van der Waals surface area contributed by atoms with Gasteiger partial charge in [-0.15, -0.1) is 0 Å². The van der Waals surface area contributed by atoms with E-state index in [1.54, 1.807) is 0 Å². The molecule has 0 fully saturated rings. The van der Waals surface area contributed by atoms with Crippen LogP contribution >= 0.6 is 0 Å². The van der Waals surface area contributed by atoms with Crippen LogP contribution in [0.25, 0.3) is 99.9 Å². The molecule has 8 aromatic carbocycles. The molecule has 238 valence electrons. The van der Waals surface area contributed by atoms with Crippen molar-refractivity contribution in [2.45, 2.75) is 0 Å². The average Bonchev–Trinajstić information content (AvgIpc) is 3.61. The van der Waals surface area contributed by atoms with Crippen molar-refractivity contribution >= 4 is 43.5 Å². The summed E-state index contributed by atoms with van der Waals surface area (Å²) in [5, 5.41) is 6.52. The van der Waals surface area contributed by atoms with E-state index in [2.05, 4.69) is 164 Å². The van der Waals surface area contributed by atoms with E-state index in [0.29, 0.717) is 17.5 Å². The summed E-state index contributed by atoms with van der Waals surface area (Å²) >= 11 is 0. The second kappa shape index (κ2) is 11.9. The van der Waals surface area contributed by atoms with E-state index in [1.807, 2.05) is 12.1 Å². The van der Waals surface area contributed by atoms with Crippen LogP contribution in [0, 0.1) is 0 Å². The van der Waals surface area contributed by atoms with Gasteiger partial charge in [0.1, 0.15) is 11.2 Å². The molecule has 0 N–H and O–H groups in total. The highest BCUT2D eigenvalue weighted by atomic mass is 16.3. The van der Waals surface area contributed by atoms with Gasteiger partial charge >= 0.3 is 0 Å². The van der Waals surface area contributed by atoms with Gasteiger partial charge in [0, 0.05) is 38.4 Å². The van der Waals surface area contributed by atoms with Gasteiger partial charge in [-0.2, -0.15) is 0 Å². The first kappa shape index (κ1) is 29.0. The van der Waals surface area contributed by atoms with Gasteiger partial charge in [0.2, 0.25) is 0 Å². The summed E-state index contributed by atoms with van der Waals surface area (Å²) in [5.41, 5.74) is 8.82. The molecule has 2 heterocycles. The summed E-state index contributed by atoms with van der Waals surface area (Å²) < 4.78 is 6.88. The molecular formula is C47H29N3O. The summed E-state index contributed by atoms with van der Waals surface area (Å²) in [6, 6.07) is 61.0. The lowest BCUT2D eigenvalue weighted by Crippen LogP contribution is -2.00. The molecule has 51 heavy (non-hydrogen) atoms. The van der Waals surface area contributed by atoms with Gasteiger partial charge in [-0.3, -0.25) is 0 Å². The highest BCUT2D eigenvalue weighted by molar-refractivity contribution is 6.21. The van der Waals surface area contributed by atoms with E-state index >= 15 is 0 Å². The Labute approximate surface area is 294 Å². The predicted molar refractivity (Wildman–Crippen MR) is 209 cm³/mol. The number of rotatable bonds is 5. The number of hydrogen-bond acceptors (Lipinski definition) is 4. The van der Waals surface area contributed by atoms with Crippen molar-refractivity contribution < 1.29 is 4.42 Å². The Hall–Kier alpha value is -6.91. The van der Waals surface area contributed by atoms with Crippen LogP contribution in [0.1, 0.15) is 0 Å². The monoisotopic (exact) mass is 651 g/mol. The third kappa shape index (κ3) is 5.04. The molecule has 0 spiro atoms. The first-order valence-electron chi connectivity index (χ1n) is 17.1. The predicted octanol–water partition coefficient (Wildman–Crippen LogP) is 12.4. The molecule has 0 saturated carbocycles. The second-order valence-corrected chi connectivity index (χ2v) is 12.8. The number of furan rings is 1. The van der Waals surface area contributed by atoms with Crippen molar-refractivity contribution in [2.75, 3.05) is 0 Å². The zero-order valence-corrected chi connectivity index (χ0v) is 27.5. The third-order valence-corrected chi connectivity index (χ3v) is 9.73. The summed E-state index contributed by atoms with van der Waals surface area (Å²) in [4.78, 5) is 15.5. The molecule has 0 atom stereocenters. The van der Waals surface area contributed by atoms with E-state index in [1.165, 1.54) is 5.39 Å². The van der Waals surface area contributed by atoms with E-state index in [0.717, 1.165) is 77.0 Å². The Kier molecular flexibility index (Phi) is 6.78. The van der Waals surface area contributed by atoms with Crippen LogP contribution in [0.5, 0.6) is 0 Å². The molecular weight excluding hydrogens is 623 g/mol. The van der Waals surface area contributed by atoms with Gasteiger partial charge in [-0.05, 0) is 57.1 Å². The maximum absolute atomic E-state index is 6.88. The highest BCUT2D eigenvalue weighted by Crippen LogP contribution is 2.43. The van der Waals surface area contributed by atoms with Crippen LogP contribution in [0.15, 0.2) is 180 Å². The summed E-state index contributed by atoms with van der Waals surface area (Å²) in [6.07, 6.45) is 0. The van der Waals surface area contributed by atoms with Crippen molar-refractivity contribution in [2.24, 2.45) is 0 Å².